The van der Waals surface area contributed by atoms with Crippen LogP contribution in [0.3, 0.4) is 0 Å². The molecule has 3 aromatic rings. The largest absolute Gasteiger partial charge is 0.318 e. The van der Waals surface area contributed by atoms with Crippen LogP contribution in [0.2, 0.25) is 5.02 Å². The minimum absolute atomic E-state index is 0.0185. The van der Waals surface area contributed by atoms with Gasteiger partial charge in [-0.05, 0) is 80.2 Å². The molecular formula is C23H17ClFN3O2S. The molecule has 0 bridgehead atoms. The van der Waals surface area contributed by atoms with E-state index in [4.69, 9.17) is 23.8 Å². The average Bonchev–Trinajstić information content (AvgIpc) is 3.00. The van der Waals surface area contributed by atoms with Crippen LogP contribution in [0.5, 0.6) is 0 Å². The Kier molecular flexibility index (Phi) is 5.47. The molecule has 0 aliphatic carbocycles. The van der Waals surface area contributed by atoms with Gasteiger partial charge in [-0.3, -0.25) is 14.9 Å². The lowest BCUT2D eigenvalue weighted by molar-refractivity contribution is -0.122. The van der Waals surface area contributed by atoms with E-state index >= 15 is 0 Å². The summed E-state index contributed by atoms with van der Waals surface area (Å²) in [6, 6.07) is 15.0. The number of benzene rings is 2. The van der Waals surface area contributed by atoms with Crippen molar-refractivity contribution in [2.75, 3.05) is 4.90 Å². The number of carbonyl (C=O) groups is 2. The van der Waals surface area contributed by atoms with Gasteiger partial charge in [0.05, 0.1) is 5.69 Å². The van der Waals surface area contributed by atoms with Crippen molar-refractivity contribution in [1.82, 2.24) is 9.88 Å². The van der Waals surface area contributed by atoms with Crippen LogP contribution in [0, 0.1) is 19.7 Å². The van der Waals surface area contributed by atoms with Crippen LogP contribution in [-0.2, 0) is 9.59 Å². The number of nitrogens with zero attached hydrogens (tertiary/aromatic N) is 2. The fourth-order valence-electron chi connectivity index (χ4n) is 3.59. The van der Waals surface area contributed by atoms with Gasteiger partial charge in [0.1, 0.15) is 11.4 Å². The molecule has 0 spiro atoms. The van der Waals surface area contributed by atoms with Crippen LogP contribution >= 0.6 is 23.8 Å². The molecule has 1 N–H and O–H groups in total. The Labute approximate surface area is 188 Å². The van der Waals surface area contributed by atoms with Gasteiger partial charge in [0, 0.05) is 22.1 Å². The summed E-state index contributed by atoms with van der Waals surface area (Å²) in [5.41, 5.74) is 3.18. The average molecular weight is 454 g/mol. The number of anilines is 1. The number of thiocarbonyl (C=S) groups is 1. The van der Waals surface area contributed by atoms with E-state index in [2.05, 4.69) is 5.32 Å². The number of carbonyl (C=O) groups excluding carboxylic acids is 2. The van der Waals surface area contributed by atoms with Crippen LogP contribution in [-0.4, -0.2) is 21.5 Å². The van der Waals surface area contributed by atoms with E-state index in [0.717, 1.165) is 22.0 Å². The van der Waals surface area contributed by atoms with Gasteiger partial charge in [0.2, 0.25) is 0 Å². The number of hydrogen-bond donors (Lipinski definition) is 1. The highest BCUT2D eigenvalue weighted by Gasteiger charge is 2.35. The fourth-order valence-corrected chi connectivity index (χ4v) is 3.99. The van der Waals surface area contributed by atoms with Crippen molar-refractivity contribution < 1.29 is 14.0 Å². The number of hydrogen-bond acceptors (Lipinski definition) is 3. The van der Waals surface area contributed by atoms with Crippen molar-refractivity contribution in [2.24, 2.45) is 0 Å². The zero-order valence-electron chi connectivity index (χ0n) is 16.6. The molecule has 2 amide bonds. The fraction of sp³-hybridized carbons (Fsp3) is 0.0870. The standard InChI is InChI=1S/C23H17ClFN3O2S/c1-13-11-15(14(2)27(13)17-9-7-16(24)8-10-17)12-18-21(29)26-23(31)28(22(18)30)20-6-4-3-5-19(20)25/h3-12H,1-2H3,(H,26,29,31). The predicted molar refractivity (Wildman–Crippen MR) is 123 cm³/mol. The molecule has 0 saturated carbocycles. The highest BCUT2D eigenvalue weighted by molar-refractivity contribution is 7.80. The van der Waals surface area contributed by atoms with Crippen LogP contribution in [0.1, 0.15) is 17.0 Å². The van der Waals surface area contributed by atoms with Gasteiger partial charge < -0.3 is 4.57 Å². The smallest absolute Gasteiger partial charge is 0.270 e. The number of aryl methyl sites for hydroxylation is 1. The molecule has 4 rings (SSSR count). The lowest BCUT2D eigenvalue weighted by Gasteiger charge is -2.29. The summed E-state index contributed by atoms with van der Waals surface area (Å²) >= 11 is 11.1. The number of halogens is 2. The molecule has 0 atom stereocenters. The summed E-state index contributed by atoms with van der Waals surface area (Å²) in [5.74, 6) is -1.93. The van der Waals surface area contributed by atoms with Gasteiger partial charge in [-0.25, -0.2) is 9.29 Å². The number of rotatable bonds is 3. The number of amides is 2. The Morgan fingerprint density at radius 1 is 1.06 bits per heavy atom. The molecule has 2 heterocycles. The quantitative estimate of drug-likeness (QED) is 0.355. The summed E-state index contributed by atoms with van der Waals surface area (Å²) in [4.78, 5) is 26.7. The molecule has 1 saturated heterocycles. The second-order valence-corrected chi connectivity index (χ2v) is 7.87. The summed E-state index contributed by atoms with van der Waals surface area (Å²) in [6.07, 6.45) is 1.50. The van der Waals surface area contributed by atoms with Gasteiger partial charge in [0.25, 0.3) is 11.8 Å². The lowest BCUT2D eigenvalue weighted by atomic mass is 10.1. The van der Waals surface area contributed by atoms with Crippen LogP contribution in [0.25, 0.3) is 11.8 Å². The third-order valence-electron chi connectivity index (χ3n) is 5.05. The SMILES string of the molecule is Cc1cc(C=C2C(=O)NC(=S)N(c3ccccc3F)C2=O)c(C)n1-c1ccc(Cl)cc1. The van der Waals surface area contributed by atoms with Crippen molar-refractivity contribution in [3.05, 3.63) is 88.0 Å². The van der Waals surface area contributed by atoms with E-state index in [-0.39, 0.29) is 16.4 Å². The maximum atomic E-state index is 14.3. The predicted octanol–water partition coefficient (Wildman–Crippen LogP) is 4.72. The zero-order valence-corrected chi connectivity index (χ0v) is 18.2. The van der Waals surface area contributed by atoms with Crippen LogP contribution in [0.4, 0.5) is 10.1 Å². The molecule has 31 heavy (non-hydrogen) atoms. The van der Waals surface area contributed by atoms with Crippen molar-refractivity contribution in [3.63, 3.8) is 0 Å². The topological polar surface area (TPSA) is 54.3 Å². The zero-order chi connectivity index (χ0) is 22.3. The van der Waals surface area contributed by atoms with E-state index in [1.807, 2.05) is 36.6 Å². The number of para-hydroxylation sites is 1. The molecule has 0 radical (unpaired) electrons. The minimum Gasteiger partial charge on any atom is -0.318 e. The molecule has 1 aliphatic rings. The Bertz CT molecular complexity index is 1260. The first kappa shape index (κ1) is 21.0. The summed E-state index contributed by atoms with van der Waals surface area (Å²) in [7, 11) is 0. The van der Waals surface area contributed by atoms with Gasteiger partial charge in [-0.1, -0.05) is 23.7 Å². The van der Waals surface area contributed by atoms with E-state index in [0.29, 0.717) is 10.6 Å². The maximum absolute atomic E-state index is 14.3. The highest BCUT2D eigenvalue weighted by Crippen LogP contribution is 2.27. The van der Waals surface area contributed by atoms with Crippen molar-refractivity contribution >= 4 is 52.5 Å². The van der Waals surface area contributed by atoms with Gasteiger partial charge in [-0.15, -0.1) is 0 Å². The summed E-state index contributed by atoms with van der Waals surface area (Å²) < 4.78 is 16.3. The first-order valence-electron chi connectivity index (χ1n) is 9.39. The van der Waals surface area contributed by atoms with Crippen molar-refractivity contribution in [3.8, 4) is 5.69 Å². The molecule has 1 aromatic heterocycles. The normalized spacial score (nSPS) is 15.5. The van der Waals surface area contributed by atoms with E-state index < -0.39 is 17.6 Å². The molecule has 1 fully saturated rings. The van der Waals surface area contributed by atoms with Gasteiger partial charge in [0.15, 0.2) is 5.11 Å². The van der Waals surface area contributed by atoms with Gasteiger partial charge >= 0.3 is 0 Å². The molecule has 156 valence electrons. The van der Waals surface area contributed by atoms with E-state index in [9.17, 15) is 14.0 Å². The summed E-state index contributed by atoms with van der Waals surface area (Å²) in [6.45, 7) is 3.81. The summed E-state index contributed by atoms with van der Waals surface area (Å²) in [5, 5.41) is 2.94. The lowest BCUT2D eigenvalue weighted by Crippen LogP contribution is -2.54. The molecule has 0 unspecified atom stereocenters. The Hall–Kier alpha value is -3.29. The second kappa shape index (κ2) is 8.09. The molecule has 8 heteroatoms. The maximum Gasteiger partial charge on any atom is 0.270 e. The Balaban J connectivity index is 1.77. The molecule has 1 aliphatic heterocycles. The van der Waals surface area contributed by atoms with Crippen molar-refractivity contribution in [2.45, 2.75) is 13.8 Å². The van der Waals surface area contributed by atoms with Gasteiger partial charge in [-0.2, -0.15) is 0 Å². The third kappa shape index (κ3) is 3.78. The Morgan fingerprint density at radius 3 is 2.42 bits per heavy atom. The third-order valence-corrected chi connectivity index (χ3v) is 5.59. The first-order valence-corrected chi connectivity index (χ1v) is 10.2. The van der Waals surface area contributed by atoms with Crippen LogP contribution < -0.4 is 10.2 Å². The minimum atomic E-state index is -0.685. The number of aromatic nitrogens is 1. The van der Waals surface area contributed by atoms with E-state index in [1.165, 1.54) is 24.3 Å². The second-order valence-electron chi connectivity index (χ2n) is 7.05. The Morgan fingerprint density at radius 2 is 1.74 bits per heavy atom. The van der Waals surface area contributed by atoms with Crippen LogP contribution in [0.15, 0.2) is 60.2 Å². The van der Waals surface area contributed by atoms with Crippen molar-refractivity contribution in [1.29, 1.82) is 0 Å². The highest BCUT2D eigenvalue weighted by atomic mass is 35.5. The molecule has 2 aromatic carbocycles. The molecular weight excluding hydrogens is 437 g/mol. The number of nitrogens with one attached hydrogen (secondary N) is 1. The molecule has 5 nitrogen and oxygen atoms in total. The monoisotopic (exact) mass is 453 g/mol. The first-order chi connectivity index (χ1) is 14.8. The van der Waals surface area contributed by atoms with E-state index in [1.54, 1.807) is 18.2 Å².